The summed E-state index contributed by atoms with van der Waals surface area (Å²) in [5, 5.41) is 3.52. The van der Waals surface area contributed by atoms with Gasteiger partial charge in [-0.1, -0.05) is 34.1 Å². The molecule has 1 aliphatic heterocycles. The number of rotatable bonds is 3. The van der Waals surface area contributed by atoms with E-state index in [1.54, 1.807) is 12.1 Å². The van der Waals surface area contributed by atoms with Crippen molar-refractivity contribution < 1.29 is 9.13 Å². The molecule has 0 amide bonds. The molecule has 2 aromatic rings. The first-order chi connectivity index (χ1) is 10.2. The number of fused-ring (bicyclic) bond motifs is 1. The predicted molar refractivity (Wildman–Crippen MR) is 84.9 cm³/mol. The summed E-state index contributed by atoms with van der Waals surface area (Å²) in [4.78, 5) is 0. The van der Waals surface area contributed by atoms with Crippen molar-refractivity contribution in [3.63, 3.8) is 0 Å². The van der Waals surface area contributed by atoms with E-state index in [9.17, 15) is 4.39 Å². The summed E-state index contributed by atoms with van der Waals surface area (Å²) in [5.74, 6) is 0.737. The van der Waals surface area contributed by atoms with Crippen LogP contribution in [0.15, 0.2) is 46.9 Å². The van der Waals surface area contributed by atoms with Gasteiger partial charge >= 0.3 is 0 Å². The van der Waals surface area contributed by atoms with Gasteiger partial charge in [0.1, 0.15) is 11.6 Å². The molecule has 2 aromatic carbocycles. The Morgan fingerprint density at radius 1 is 1.24 bits per heavy atom. The van der Waals surface area contributed by atoms with Crippen molar-refractivity contribution in [1.82, 2.24) is 5.32 Å². The van der Waals surface area contributed by atoms with Gasteiger partial charge in [-0.2, -0.15) is 0 Å². The molecule has 0 spiro atoms. The molecule has 21 heavy (non-hydrogen) atoms. The third kappa shape index (κ3) is 3.63. The van der Waals surface area contributed by atoms with Crippen LogP contribution >= 0.6 is 15.9 Å². The summed E-state index contributed by atoms with van der Waals surface area (Å²) in [6.45, 7) is 1.39. The number of hydrogen-bond acceptors (Lipinski definition) is 2. The molecule has 0 saturated heterocycles. The third-order valence-electron chi connectivity index (χ3n) is 3.69. The van der Waals surface area contributed by atoms with Crippen molar-refractivity contribution in [1.29, 1.82) is 0 Å². The number of halogens is 2. The molecule has 0 saturated carbocycles. The number of hydrogen-bond donors (Lipinski definition) is 1. The highest BCUT2D eigenvalue weighted by molar-refractivity contribution is 9.10. The van der Waals surface area contributed by atoms with Crippen LogP contribution in [-0.4, -0.2) is 6.61 Å². The standard InChI is InChI=1S/C17H17BrFNO/c18-13-6-7-15-16(5-2-8-21-17(15)10-13)20-11-12-3-1-4-14(19)9-12/h1,3-4,6-7,9-10,16,20H,2,5,8,11H2. The quantitative estimate of drug-likeness (QED) is 0.874. The average molecular weight is 350 g/mol. The molecular weight excluding hydrogens is 333 g/mol. The first kappa shape index (κ1) is 14.5. The smallest absolute Gasteiger partial charge is 0.125 e. The Labute approximate surface area is 132 Å². The van der Waals surface area contributed by atoms with Crippen molar-refractivity contribution in [3.05, 3.63) is 63.9 Å². The molecule has 1 N–H and O–H groups in total. The van der Waals surface area contributed by atoms with Gasteiger partial charge in [0.15, 0.2) is 0 Å². The molecule has 3 rings (SSSR count). The summed E-state index contributed by atoms with van der Waals surface area (Å²) >= 11 is 3.48. The maximum Gasteiger partial charge on any atom is 0.125 e. The second-order valence-corrected chi connectivity index (χ2v) is 6.15. The molecule has 1 heterocycles. The van der Waals surface area contributed by atoms with Crippen LogP contribution in [0.3, 0.4) is 0 Å². The zero-order valence-corrected chi connectivity index (χ0v) is 13.2. The highest BCUT2D eigenvalue weighted by Gasteiger charge is 2.19. The van der Waals surface area contributed by atoms with E-state index in [-0.39, 0.29) is 11.9 Å². The Balaban J connectivity index is 1.76. The Morgan fingerprint density at radius 2 is 2.14 bits per heavy atom. The highest BCUT2D eigenvalue weighted by Crippen LogP contribution is 2.33. The van der Waals surface area contributed by atoms with Crippen LogP contribution in [-0.2, 0) is 6.54 Å². The van der Waals surface area contributed by atoms with Crippen LogP contribution in [0.1, 0.15) is 30.0 Å². The van der Waals surface area contributed by atoms with E-state index in [1.165, 1.54) is 11.6 Å². The third-order valence-corrected chi connectivity index (χ3v) is 4.18. The normalized spacial score (nSPS) is 17.7. The van der Waals surface area contributed by atoms with Gasteiger partial charge in [-0.3, -0.25) is 0 Å². The Morgan fingerprint density at radius 3 is 3.00 bits per heavy atom. The molecular formula is C17H17BrFNO. The number of benzene rings is 2. The Kier molecular flexibility index (Phi) is 4.56. The molecule has 0 aromatic heterocycles. The average Bonchev–Trinajstić information content (AvgIpc) is 2.67. The lowest BCUT2D eigenvalue weighted by molar-refractivity contribution is 0.315. The summed E-state index contributed by atoms with van der Waals surface area (Å²) in [7, 11) is 0. The van der Waals surface area contributed by atoms with E-state index in [1.807, 2.05) is 18.2 Å². The molecule has 1 atom stereocenters. The van der Waals surface area contributed by atoms with E-state index in [0.717, 1.165) is 35.2 Å². The monoisotopic (exact) mass is 349 g/mol. The summed E-state index contributed by atoms with van der Waals surface area (Å²) in [6, 6.07) is 13.1. The lowest BCUT2D eigenvalue weighted by atomic mass is 10.0. The first-order valence-electron chi connectivity index (χ1n) is 7.12. The van der Waals surface area contributed by atoms with Crippen molar-refractivity contribution in [2.75, 3.05) is 6.61 Å². The fourth-order valence-electron chi connectivity index (χ4n) is 2.65. The Hall–Kier alpha value is -1.39. The minimum absolute atomic E-state index is 0.192. The van der Waals surface area contributed by atoms with Gasteiger partial charge in [-0.05, 0) is 42.7 Å². The van der Waals surface area contributed by atoms with Gasteiger partial charge in [0.05, 0.1) is 6.61 Å². The van der Waals surface area contributed by atoms with Gasteiger partial charge in [-0.25, -0.2) is 4.39 Å². The minimum Gasteiger partial charge on any atom is -0.493 e. The number of ether oxygens (including phenoxy) is 1. The molecule has 110 valence electrons. The maximum absolute atomic E-state index is 13.2. The van der Waals surface area contributed by atoms with Crippen LogP contribution in [0, 0.1) is 5.82 Å². The van der Waals surface area contributed by atoms with E-state index in [4.69, 9.17) is 4.74 Å². The van der Waals surface area contributed by atoms with E-state index in [0.29, 0.717) is 6.54 Å². The lowest BCUT2D eigenvalue weighted by Gasteiger charge is -2.18. The largest absolute Gasteiger partial charge is 0.493 e. The molecule has 0 bridgehead atoms. The van der Waals surface area contributed by atoms with Crippen LogP contribution in [0.4, 0.5) is 4.39 Å². The Bertz CT molecular complexity index is 632. The van der Waals surface area contributed by atoms with Gasteiger partial charge in [0.2, 0.25) is 0 Å². The van der Waals surface area contributed by atoms with E-state index < -0.39 is 0 Å². The second-order valence-electron chi connectivity index (χ2n) is 5.24. The van der Waals surface area contributed by atoms with Crippen molar-refractivity contribution in [2.45, 2.75) is 25.4 Å². The van der Waals surface area contributed by atoms with Gasteiger partial charge in [-0.15, -0.1) is 0 Å². The highest BCUT2D eigenvalue weighted by atomic mass is 79.9. The maximum atomic E-state index is 13.2. The van der Waals surface area contributed by atoms with Crippen molar-refractivity contribution in [3.8, 4) is 5.75 Å². The fraction of sp³-hybridized carbons (Fsp3) is 0.294. The lowest BCUT2D eigenvalue weighted by Crippen LogP contribution is -2.20. The minimum atomic E-state index is -0.192. The van der Waals surface area contributed by atoms with E-state index >= 15 is 0 Å². The SMILES string of the molecule is Fc1cccc(CNC2CCCOc3cc(Br)ccc32)c1. The van der Waals surface area contributed by atoms with Gasteiger partial charge < -0.3 is 10.1 Å². The van der Waals surface area contributed by atoms with E-state index in [2.05, 4.69) is 27.3 Å². The summed E-state index contributed by atoms with van der Waals surface area (Å²) < 4.78 is 20.0. The topological polar surface area (TPSA) is 21.3 Å². The molecule has 4 heteroatoms. The van der Waals surface area contributed by atoms with Crippen molar-refractivity contribution in [2.24, 2.45) is 0 Å². The molecule has 2 nitrogen and oxygen atoms in total. The fourth-order valence-corrected chi connectivity index (χ4v) is 2.99. The van der Waals surface area contributed by atoms with Crippen LogP contribution in [0.2, 0.25) is 0 Å². The molecule has 0 fully saturated rings. The summed E-state index contributed by atoms with van der Waals surface area (Å²) in [5.41, 5.74) is 2.13. The molecule has 0 radical (unpaired) electrons. The first-order valence-corrected chi connectivity index (χ1v) is 7.92. The zero-order valence-electron chi connectivity index (χ0n) is 11.6. The van der Waals surface area contributed by atoms with Crippen molar-refractivity contribution >= 4 is 15.9 Å². The van der Waals surface area contributed by atoms with Crippen LogP contribution in [0.5, 0.6) is 5.75 Å². The van der Waals surface area contributed by atoms with Gasteiger partial charge in [0, 0.05) is 22.6 Å². The predicted octanol–water partition coefficient (Wildman–Crippen LogP) is 4.59. The summed E-state index contributed by atoms with van der Waals surface area (Å²) in [6.07, 6.45) is 2.02. The zero-order chi connectivity index (χ0) is 14.7. The molecule has 0 aliphatic carbocycles. The molecule has 1 unspecified atom stereocenters. The van der Waals surface area contributed by atoms with Gasteiger partial charge in [0.25, 0.3) is 0 Å². The second kappa shape index (κ2) is 6.58. The van der Waals surface area contributed by atoms with Crippen LogP contribution < -0.4 is 10.1 Å². The molecule has 1 aliphatic rings. The number of nitrogens with one attached hydrogen (secondary N) is 1. The van der Waals surface area contributed by atoms with Crippen LogP contribution in [0.25, 0.3) is 0 Å².